The van der Waals surface area contributed by atoms with Crippen molar-refractivity contribution in [3.63, 3.8) is 0 Å². The number of nitrogens with one attached hydrogen (secondary N) is 1. The number of para-hydroxylation sites is 2. The fourth-order valence-corrected chi connectivity index (χ4v) is 3.02. The van der Waals surface area contributed by atoms with Crippen LogP contribution in [0.3, 0.4) is 0 Å². The molecule has 24 heavy (non-hydrogen) atoms. The number of rotatable bonds is 7. The van der Waals surface area contributed by atoms with Crippen molar-refractivity contribution in [2.75, 3.05) is 13.4 Å². The van der Waals surface area contributed by atoms with Crippen LogP contribution in [0.15, 0.2) is 24.3 Å². The number of hydrogen-bond acceptors (Lipinski definition) is 5. The number of thioether (sulfide) groups is 1. The van der Waals surface area contributed by atoms with Gasteiger partial charge in [0.05, 0.1) is 23.9 Å². The third-order valence-electron chi connectivity index (χ3n) is 4.07. The Balaban J connectivity index is 2.27. The third-order valence-corrected chi connectivity index (χ3v) is 4.61. The first kappa shape index (κ1) is 18.3. The van der Waals surface area contributed by atoms with Crippen LogP contribution < -0.4 is 5.32 Å². The maximum absolute atomic E-state index is 12.5. The van der Waals surface area contributed by atoms with E-state index in [4.69, 9.17) is 4.74 Å². The predicted molar refractivity (Wildman–Crippen MR) is 95.8 cm³/mol. The van der Waals surface area contributed by atoms with Crippen molar-refractivity contribution in [3.05, 3.63) is 30.1 Å². The maximum Gasteiger partial charge on any atom is 0.331 e. The number of ether oxygens (including phenoxy) is 1. The molecule has 7 heteroatoms. The number of hydrogen-bond donors (Lipinski definition) is 1. The van der Waals surface area contributed by atoms with Gasteiger partial charge < -0.3 is 14.6 Å². The van der Waals surface area contributed by atoms with E-state index in [9.17, 15) is 9.59 Å². The summed E-state index contributed by atoms with van der Waals surface area (Å²) in [6.07, 6.45) is 2.45. The molecule has 6 nitrogen and oxygen atoms in total. The Kier molecular flexibility index (Phi) is 5.88. The van der Waals surface area contributed by atoms with Gasteiger partial charge in [-0.1, -0.05) is 19.1 Å². The quantitative estimate of drug-likeness (QED) is 0.777. The van der Waals surface area contributed by atoms with E-state index in [0.29, 0.717) is 12.2 Å². The average Bonchev–Trinajstić information content (AvgIpc) is 2.91. The smallest absolute Gasteiger partial charge is 0.331 e. The predicted octanol–water partition coefficient (Wildman–Crippen LogP) is 2.36. The van der Waals surface area contributed by atoms with Gasteiger partial charge in [-0.3, -0.25) is 4.79 Å². The largest absolute Gasteiger partial charge is 0.467 e. The molecule has 1 N–H and O–H groups in total. The summed E-state index contributed by atoms with van der Waals surface area (Å²) in [5.41, 5.74) is 0.746. The average molecular weight is 349 g/mol. The van der Waals surface area contributed by atoms with E-state index < -0.39 is 11.5 Å². The molecule has 1 amide bonds. The number of carbonyl (C=O) groups is 2. The molecule has 1 atom stereocenters. The minimum Gasteiger partial charge on any atom is -0.467 e. The Morgan fingerprint density at radius 2 is 2.08 bits per heavy atom. The van der Waals surface area contributed by atoms with Crippen LogP contribution in [-0.4, -0.2) is 40.3 Å². The zero-order valence-electron chi connectivity index (χ0n) is 14.5. The first-order valence-corrected chi connectivity index (χ1v) is 9.17. The van der Waals surface area contributed by atoms with Crippen molar-refractivity contribution in [1.29, 1.82) is 0 Å². The molecule has 2 aromatic rings. The van der Waals surface area contributed by atoms with Crippen LogP contribution in [0.2, 0.25) is 0 Å². The van der Waals surface area contributed by atoms with Gasteiger partial charge in [0.25, 0.3) is 0 Å². The molecule has 0 aliphatic carbocycles. The molecule has 1 aromatic heterocycles. The van der Waals surface area contributed by atoms with E-state index in [0.717, 1.165) is 16.9 Å². The molecule has 0 radical (unpaired) electrons. The summed E-state index contributed by atoms with van der Waals surface area (Å²) in [5.74, 6) is 0.868. The van der Waals surface area contributed by atoms with Gasteiger partial charge >= 0.3 is 5.97 Å². The van der Waals surface area contributed by atoms with Crippen LogP contribution in [0, 0.1) is 0 Å². The van der Waals surface area contributed by atoms with E-state index in [2.05, 4.69) is 10.3 Å². The Labute approximate surface area is 146 Å². The minimum atomic E-state index is -1.03. The highest BCUT2D eigenvalue weighted by molar-refractivity contribution is 7.97. The Morgan fingerprint density at radius 3 is 2.71 bits per heavy atom. The standard InChI is InChI=1S/C17H23N3O3S/c1-5-17(2,16(22)23-3)19-15(21)10-20-13-9-7-6-8-12(13)18-14(20)11-24-4/h6-9H,5,10-11H2,1-4H3,(H,19,21)/t17-/m1/s1. The van der Waals surface area contributed by atoms with Crippen molar-refractivity contribution in [3.8, 4) is 0 Å². The summed E-state index contributed by atoms with van der Waals surface area (Å²) in [5, 5.41) is 2.80. The fraction of sp³-hybridized carbons (Fsp3) is 0.471. The third kappa shape index (κ3) is 3.72. The molecule has 2 rings (SSSR count). The zero-order chi connectivity index (χ0) is 17.7. The highest BCUT2D eigenvalue weighted by atomic mass is 32.2. The molecule has 0 aliphatic heterocycles. The summed E-state index contributed by atoms with van der Waals surface area (Å²) in [7, 11) is 1.32. The molecular formula is C17H23N3O3S. The monoisotopic (exact) mass is 349 g/mol. The Hall–Kier alpha value is -2.02. The fourth-order valence-electron chi connectivity index (χ4n) is 2.54. The van der Waals surface area contributed by atoms with Gasteiger partial charge in [-0.25, -0.2) is 9.78 Å². The molecule has 0 spiro atoms. The lowest BCUT2D eigenvalue weighted by molar-refractivity contribution is -0.150. The van der Waals surface area contributed by atoms with Gasteiger partial charge in [-0.2, -0.15) is 11.8 Å². The highest BCUT2D eigenvalue weighted by Gasteiger charge is 2.34. The molecular weight excluding hydrogens is 326 g/mol. The van der Waals surface area contributed by atoms with Gasteiger partial charge in [0.15, 0.2) is 0 Å². The number of amides is 1. The van der Waals surface area contributed by atoms with Crippen LogP contribution >= 0.6 is 11.8 Å². The van der Waals surface area contributed by atoms with Gasteiger partial charge in [0.2, 0.25) is 5.91 Å². The molecule has 1 heterocycles. The van der Waals surface area contributed by atoms with Crippen molar-refractivity contribution in [2.45, 2.75) is 38.1 Å². The topological polar surface area (TPSA) is 73.2 Å². The summed E-state index contributed by atoms with van der Waals surface area (Å²) in [4.78, 5) is 29.1. The lowest BCUT2D eigenvalue weighted by Crippen LogP contribution is -2.53. The lowest BCUT2D eigenvalue weighted by Gasteiger charge is -2.26. The second-order valence-corrected chi connectivity index (χ2v) is 6.63. The SMILES string of the molecule is CC[C@@](C)(NC(=O)Cn1c(CSC)nc2ccccc21)C(=O)OC. The number of methoxy groups -OCH3 is 1. The van der Waals surface area contributed by atoms with Crippen molar-refractivity contribution in [1.82, 2.24) is 14.9 Å². The summed E-state index contributed by atoms with van der Waals surface area (Å²) >= 11 is 1.65. The highest BCUT2D eigenvalue weighted by Crippen LogP contribution is 2.19. The second-order valence-electron chi connectivity index (χ2n) is 5.76. The van der Waals surface area contributed by atoms with Gasteiger partial charge in [-0.05, 0) is 31.7 Å². The van der Waals surface area contributed by atoms with Crippen LogP contribution in [0.4, 0.5) is 0 Å². The van der Waals surface area contributed by atoms with Crippen molar-refractivity contribution < 1.29 is 14.3 Å². The van der Waals surface area contributed by atoms with Gasteiger partial charge in [0, 0.05) is 0 Å². The maximum atomic E-state index is 12.5. The van der Waals surface area contributed by atoms with E-state index in [1.807, 2.05) is 42.0 Å². The first-order chi connectivity index (χ1) is 11.4. The normalized spacial score (nSPS) is 13.5. The molecule has 0 unspecified atom stereocenters. The lowest BCUT2D eigenvalue weighted by atomic mass is 9.99. The number of esters is 1. The number of benzene rings is 1. The number of fused-ring (bicyclic) bond motifs is 1. The molecule has 130 valence electrons. The zero-order valence-corrected chi connectivity index (χ0v) is 15.3. The van der Waals surface area contributed by atoms with Crippen molar-refractivity contribution in [2.24, 2.45) is 0 Å². The Morgan fingerprint density at radius 1 is 1.38 bits per heavy atom. The number of aromatic nitrogens is 2. The van der Waals surface area contributed by atoms with Gasteiger partial charge in [-0.15, -0.1) is 0 Å². The van der Waals surface area contributed by atoms with Crippen LogP contribution in [0.5, 0.6) is 0 Å². The minimum absolute atomic E-state index is 0.114. The van der Waals surface area contributed by atoms with Crippen LogP contribution in [-0.2, 0) is 26.6 Å². The molecule has 0 aliphatic rings. The Bertz CT molecular complexity index is 744. The van der Waals surface area contributed by atoms with E-state index in [1.165, 1.54) is 7.11 Å². The second kappa shape index (κ2) is 7.70. The number of imidazole rings is 1. The molecule has 1 aromatic carbocycles. The van der Waals surface area contributed by atoms with E-state index in [-0.39, 0.29) is 12.5 Å². The number of nitrogens with zero attached hydrogens (tertiary/aromatic N) is 2. The summed E-state index contributed by atoms with van der Waals surface area (Å²) in [6, 6.07) is 7.72. The van der Waals surface area contributed by atoms with Crippen molar-refractivity contribution >= 4 is 34.7 Å². The van der Waals surface area contributed by atoms with E-state index >= 15 is 0 Å². The van der Waals surface area contributed by atoms with Gasteiger partial charge in [0.1, 0.15) is 17.9 Å². The summed E-state index contributed by atoms with van der Waals surface area (Å²) in [6.45, 7) is 3.62. The van der Waals surface area contributed by atoms with E-state index in [1.54, 1.807) is 18.7 Å². The molecule has 0 saturated heterocycles. The van der Waals surface area contributed by atoms with Crippen LogP contribution in [0.25, 0.3) is 11.0 Å². The number of carbonyl (C=O) groups excluding carboxylic acids is 2. The summed E-state index contributed by atoms with van der Waals surface area (Å²) < 4.78 is 6.70. The molecule has 0 fully saturated rings. The van der Waals surface area contributed by atoms with Crippen LogP contribution in [0.1, 0.15) is 26.1 Å². The molecule has 0 bridgehead atoms. The molecule has 0 saturated carbocycles. The first-order valence-electron chi connectivity index (χ1n) is 7.77.